The third kappa shape index (κ3) is 3.82. The lowest BCUT2D eigenvalue weighted by Crippen LogP contribution is -2.32. The van der Waals surface area contributed by atoms with Gasteiger partial charge in [0.25, 0.3) is 5.91 Å². The minimum absolute atomic E-state index is 0.0515. The van der Waals surface area contributed by atoms with E-state index in [1.165, 1.54) is 29.3 Å². The van der Waals surface area contributed by atoms with Crippen molar-refractivity contribution in [1.82, 2.24) is 9.97 Å². The Morgan fingerprint density at radius 1 is 1.14 bits per heavy atom. The van der Waals surface area contributed by atoms with Crippen molar-refractivity contribution in [3.05, 3.63) is 81.9 Å². The molecule has 28 heavy (non-hydrogen) atoms. The average Bonchev–Trinajstić information content (AvgIpc) is 2.70. The van der Waals surface area contributed by atoms with Crippen LogP contribution in [0.4, 0.5) is 16.0 Å². The second kappa shape index (κ2) is 7.56. The number of aryl methyl sites for hydroxylation is 1. The van der Waals surface area contributed by atoms with Gasteiger partial charge in [0.2, 0.25) is 5.95 Å². The molecule has 2 aromatic carbocycles. The van der Waals surface area contributed by atoms with Crippen molar-refractivity contribution < 1.29 is 9.18 Å². The Morgan fingerprint density at radius 3 is 2.71 bits per heavy atom. The molecule has 2 heterocycles. The highest BCUT2D eigenvalue weighted by Gasteiger charge is 2.20. The molecule has 5 nitrogen and oxygen atoms in total. The summed E-state index contributed by atoms with van der Waals surface area (Å²) in [6.45, 7) is 3.32. The maximum Gasteiger partial charge on any atom is 0.274 e. The largest absolute Gasteiger partial charge is 0.336 e. The molecule has 1 aliphatic rings. The van der Waals surface area contributed by atoms with Gasteiger partial charge in [0.15, 0.2) is 0 Å². The van der Waals surface area contributed by atoms with Gasteiger partial charge in [-0.05, 0) is 48.7 Å². The smallest absolute Gasteiger partial charge is 0.274 e. The second-order valence-corrected chi connectivity index (χ2v) is 7.13. The molecule has 0 unspecified atom stereocenters. The van der Waals surface area contributed by atoms with Crippen LogP contribution in [0, 0.1) is 12.7 Å². The number of hydrogen-bond acceptors (Lipinski definition) is 4. The van der Waals surface area contributed by atoms with Crippen LogP contribution < -0.4 is 10.2 Å². The Kier molecular flexibility index (Phi) is 4.96. The number of aromatic nitrogens is 2. The van der Waals surface area contributed by atoms with Gasteiger partial charge in [-0.25, -0.2) is 14.4 Å². The lowest BCUT2D eigenvalue weighted by Gasteiger charge is -2.29. The van der Waals surface area contributed by atoms with E-state index in [9.17, 15) is 9.18 Å². The molecule has 1 aromatic heterocycles. The average molecular weight is 397 g/mol. The van der Waals surface area contributed by atoms with E-state index >= 15 is 0 Å². The summed E-state index contributed by atoms with van der Waals surface area (Å²) in [5, 5.41) is 2.65. The molecule has 0 radical (unpaired) electrons. The molecule has 0 aliphatic carbocycles. The predicted octanol–water partition coefficient (Wildman–Crippen LogP) is 4.39. The first-order chi connectivity index (χ1) is 13.5. The van der Waals surface area contributed by atoms with Crippen LogP contribution in [0.3, 0.4) is 0 Å². The van der Waals surface area contributed by atoms with Gasteiger partial charge >= 0.3 is 0 Å². The summed E-state index contributed by atoms with van der Waals surface area (Å²) in [6.07, 6.45) is 0.906. The van der Waals surface area contributed by atoms with Gasteiger partial charge in [-0.1, -0.05) is 35.9 Å². The van der Waals surface area contributed by atoms with Crippen LogP contribution in [0.25, 0.3) is 0 Å². The van der Waals surface area contributed by atoms with Crippen molar-refractivity contribution in [1.29, 1.82) is 0 Å². The maximum atomic E-state index is 13.3. The Balaban J connectivity index is 1.57. The molecule has 7 heteroatoms. The molecular weight excluding hydrogens is 379 g/mol. The monoisotopic (exact) mass is 396 g/mol. The van der Waals surface area contributed by atoms with Gasteiger partial charge in [0.1, 0.15) is 11.5 Å². The number of carbonyl (C=O) groups is 1. The number of nitrogens with one attached hydrogen (secondary N) is 1. The summed E-state index contributed by atoms with van der Waals surface area (Å²) in [5.41, 5.74) is 3.93. The van der Waals surface area contributed by atoms with Crippen molar-refractivity contribution in [3.8, 4) is 0 Å². The summed E-state index contributed by atoms with van der Waals surface area (Å²) in [7, 11) is 0. The molecule has 1 amide bonds. The van der Waals surface area contributed by atoms with Crippen LogP contribution in [0.15, 0.2) is 48.5 Å². The van der Waals surface area contributed by atoms with Crippen molar-refractivity contribution >= 4 is 29.1 Å². The fourth-order valence-electron chi connectivity index (χ4n) is 3.25. The Morgan fingerprint density at radius 2 is 1.93 bits per heavy atom. The van der Waals surface area contributed by atoms with Crippen molar-refractivity contribution in [2.75, 3.05) is 16.8 Å². The number of nitrogens with zero attached hydrogens (tertiary/aromatic N) is 3. The molecule has 0 saturated heterocycles. The van der Waals surface area contributed by atoms with E-state index in [0.29, 0.717) is 23.9 Å². The quantitative estimate of drug-likeness (QED) is 0.713. The molecule has 0 bridgehead atoms. The first-order valence-corrected chi connectivity index (χ1v) is 9.31. The van der Waals surface area contributed by atoms with Crippen LogP contribution in [-0.4, -0.2) is 22.4 Å². The molecule has 0 fully saturated rings. The number of carbonyl (C=O) groups excluding carboxylic acids is 1. The van der Waals surface area contributed by atoms with E-state index in [1.54, 1.807) is 6.07 Å². The molecule has 3 aromatic rings. The highest BCUT2D eigenvalue weighted by molar-refractivity contribution is 6.31. The minimum atomic E-state index is -0.537. The van der Waals surface area contributed by atoms with Gasteiger partial charge in [0.05, 0.1) is 5.02 Å². The molecule has 0 spiro atoms. The first-order valence-electron chi connectivity index (χ1n) is 8.93. The normalized spacial score (nSPS) is 13.2. The van der Waals surface area contributed by atoms with E-state index < -0.39 is 11.7 Å². The highest BCUT2D eigenvalue weighted by Crippen LogP contribution is 2.23. The second-order valence-electron chi connectivity index (χ2n) is 6.72. The molecule has 4 rings (SSSR count). The number of anilines is 2. The number of halogens is 2. The molecule has 1 aliphatic heterocycles. The topological polar surface area (TPSA) is 58.1 Å². The van der Waals surface area contributed by atoms with Crippen LogP contribution in [0.1, 0.15) is 27.3 Å². The SMILES string of the molecule is Cc1cc(C(=O)Nc2ccc(F)c(Cl)c2)nc(N2CCc3ccccc3C2)n1. The zero-order chi connectivity index (χ0) is 19.7. The standard InChI is InChI=1S/C21H18ClFN4O/c1-13-10-19(20(28)25-16-6-7-18(23)17(22)11-16)26-21(24-13)27-9-8-14-4-2-3-5-15(14)12-27/h2-7,10-11H,8-9,12H2,1H3,(H,25,28). The van der Waals surface area contributed by atoms with E-state index in [-0.39, 0.29) is 10.7 Å². The van der Waals surface area contributed by atoms with Gasteiger partial charge in [0, 0.05) is 24.5 Å². The van der Waals surface area contributed by atoms with Gasteiger partial charge in [-0.15, -0.1) is 0 Å². The lowest BCUT2D eigenvalue weighted by molar-refractivity contribution is 0.102. The Bertz CT molecular complexity index is 1060. The van der Waals surface area contributed by atoms with E-state index in [2.05, 4.69) is 32.3 Å². The molecule has 142 valence electrons. The molecule has 1 N–H and O–H groups in total. The summed E-state index contributed by atoms with van der Waals surface area (Å²) in [5.74, 6) is -0.408. The number of benzene rings is 2. The van der Waals surface area contributed by atoms with Gasteiger partial charge in [-0.3, -0.25) is 4.79 Å². The van der Waals surface area contributed by atoms with Crippen LogP contribution >= 0.6 is 11.6 Å². The van der Waals surface area contributed by atoms with E-state index in [1.807, 2.05) is 19.1 Å². The Hall–Kier alpha value is -2.99. The van der Waals surface area contributed by atoms with Crippen molar-refractivity contribution in [2.45, 2.75) is 19.9 Å². The van der Waals surface area contributed by atoms with Crippen LogP contribution in [0.2, 0.25) is 5.02 Å². The number of rotatable bonds is 3. The molecule has 0 atom stereocenters. The van der Waals surface area contributed by atoms with Crippen LogP contribution in [-0.2, 0) is 13.0 Å². The third-order valence-electron chi connectivity index (χ3n) is 4.67. The molecule has 0 saturated carbocycles. The summed E-state index contributed by atoms with van der Waals surface area (Å²) < 4.78 is 13.3. The zero-order valence-corrected chi connectivity index (χ0v) is 16.0. The van der Waals surface area contributed by atoms with Gasteiger partial charge < -0.3 is 10.2 Å². The minimum Gasteiger partial charge on any atom is -0.336 e. The number of amides is 1. The van der Waals surface area contributed by atoms with Crippen LogP contribution in [0.5, 0.6) is 0 Å². The fraction of sp³-hybridized carbons (Fsp3) is 0.190. The lowest BCUT2D eigenvalue weighted by atomic mass is 10.0. The fourth-order valence-corrected chi connectivity index (χ4v) is 3.43. The maximum absolute atomic E-state index is 13.3. The summed E-state index contributed by atoms with van der Waals surface area (Å²) in [4.78, 5) is 23.7. The zero-order valence-electron chi connectivity index (χ0n) is 15.2. The summed E-state index contributed by atoms with van der Waals surface area (Å²) >= 11 is 5.78. The number of fused-ring (bicyclic) bond motifs is 1. The number of hydrogen-bond donors (Lipinski definition) is 1. The van der Waals surface area contributed by atoms with E-state index in [4.69, 9.17) is 11.6 Å². The van der Waals surface area contributed by atoms with E-state index in [0.717, 1.165) is 13.0 Å². The van der Waals surface area contributed by atoms with Gasteiger partial charge in [-0.2, -0.15) is 0 Å². The Labute approximate surface area is 167 Å². The third-order valence-corrected chi connectivity index (χ3v) is 4.96. The first kappa shape index (κ1) is 18.4. The van der Waals surface area contributed by atoms with Crippen molar-refractivity contribution in [3.63, 3.8) is 0 Å². The summed E-state index contributed by atoms with van der Waals surface area (Å²) in [6, 6.07) is 14.0. The molecular formula is C21H18ClFN4O. The predicted molar refractivity (Wildman–Crippen MR) is 107 cm³/mol. The highest BCUT2D eigenvalue weighted by atomic mass is 35.5. The van der Waals surface area contributed by atoms with Crippen molar-refractivity contribution in [2.24, 2.45) is 0 Å².